The van der Waals surface area contributed by atoms with Crippen molar-refractivity contribution in [2.75, 3.05) is 19.0 Å². The van der Waals surface area contributed by atoms with E-state index in [0.717, 1.165) is 10.9 Å². The third kappa shape index (κ3) is 3.34. The normalized spacial score (nSPS) is 12.4. The van der Waals surface area contributed by atoms with Crippen molar-refractivity contribution in [3.05, 3.63) is 50.6 Å². The summed E-state index contributed by atoms with van der Waals surface area (Å²) in [6, 6.07) is 10.6. The molecule has 0 saturated carbocycles. The van der Waals surface area contributed by atoms with Crippen LogP contribution < -0.4 is 10.6 Å². The lowest BCUT2D eigenvalue weighted by Crippen LogP contribution is -2.14. The second kappa shape index (κ2) is 5.87. The first-order valence-corrected chi connectivity index (χ1v) is 7.49. The predicted octanol–water partition coefficient (Wildman–Crippen LogP) is 3.82. The third-order valence-electron chi connectivity index (χ3n) is 2.86. The molecule has 0 aliphatic rings. The fourth-order valence-electron chi connectivity index (χ4n) is 1.83. The van der Waals surface area contributed by atoms with Gasteiger partial charge in [-0.15, -0.1) is 11.3 Å². The van der Waals surface area contributed by atoms with Crippen LogP contribution in [0.1, 0.15) is 16.5 Å². The van der Waals surface area contributed by atoms with Gasteiger partial charge in [0.1, 0.15) is 0 Å². The van der Waals surface area contributed by atoms with Gasteiger partial charge in [0, 0.05) is 47.0 Å². The Kier molecular flexibility index (Phi) is 4.43. The van der Waals surface area contributed by atoms with Crippen LogP contribution in [0, 0.1) is 0 Å². The number of nitrogens with two attached hydrogens (primary N) is 1. The number of nitrogens with zero attached hydrogens (tertiary/aromatic N) is 1. The minimum absolute atomic E-state index is 0.0513. The van der Waals surface area contributed by atoms with Gasteiger partial charge < -0.3 is 10.6 Å². The number of hydrogen-bond donors (Lipinski definition) is 1. The second-order valence-electron chi connectivity index (χ2n) is 4.53. The summed E-state index contributed by atoms with van der Waals surface area (Å²) in [6.45, 7) is 0. The maximum absolute atomic E-state index is 6.28. The molecule has 96 valence electrons. The summed E-state index contributed by atoms with van der Waals surface area (Å²) < 4.78 is 1.14. The van der Waals surface area contributed by atoms with Crippen molar-refractivity contribution < 1.29 is 0 Å². The second-order valence-corrected chi connectivity index (χ2v) is 6.44. The highest BCUT2D eigenvalue weighted by molar-refractivity contribution is 9.10. The van der Waals surface area contributed by atoms with Gasteiger partial charge in [-0.25, -0.2) is 0 Å². The van der Waals surface area contributed by atoms with E-state index in [1.54, 1.807) is 11.3 Å². The van der Waals surface area contributed by atoms with Crippen molar-refractivity contribution in [3.63, 3.8) is 0 Å². The van der Waals surface area contributed by atoms with Crippen LogP contribution in [-0.4, -0.2) is 14.1 Å². The first kappa shape index (κ1) is 13.6. The van der Waals surface area contributed by atoms with E-state index in [1.165, 1.54) is 16.1 Å². The van der Waals surface area contributed by atoms with Gasteiger partial charge >= 0.3 is 0 Å². The molecule has 0 radical (unpaired) electrons. The molecule has 0 saturated heterocycles. The third-order valence-corrected chi connectivity index (χ3v) is 4.58. The summed E-state index contributed by atoms with van der Waals surface area (Å²) in [5.41, 5.74) is 8.65. The lowest BCUT2D eigenvalue weighted by atomic mass is 10.0. The number of hydrogen-bond acceptors (Lipinski definition) is 3. The van der Waals surface area contributed by atoms with Crippen molar-refractivity contribution in [2.24, 2.45) is 5.73 Å². The number of halogens is 1. The van der Waals surface area contributed by atoms with E-state index in [4.69, 9.17) is 5.73 Å². The topological polar surface area (TPSA) is 29.3 Å². The zero-order valence-corrected chi connectivity index (χ0v) is 13.0. The van der Waals surface area contributed by atoms with Gasteiger partial charge in [-0.05, 0) is 39.7 Å². The molecule has 0 bridgehead atoms. The molecule has 2 nitrogen and oxygen atoms in total. The van der Waals surface area contributed by atoms with Gasteiger partial charge in [-0.1, -0.05) is 12.1 Å². The van der Waals surface area contributed by atoms with E-state index in [1.807, 2.05) is 14.1 Å². The molecule has 2 rings (SSSR count). The molecule has 18 heavy (non-hydrogen) atoms. The van der Waals surface area contributed by atoms with Gasteiger partial charge in [-0.2, -0.15) is 0 Å². The SMILES string of the molecule is CN(C)c1cccc(C(N)Cc2cc(Br)cs2)c1. The molecule has 1 unspecified atom stereocenters. The molecule has 0 aliphatic carbocycles. The Hall–Kier alpha value is -0.840. The van der Waals surface area contributed by atoms with Crippen molar-refractivity contribution in [1.82, 2.24) is 0 Å². The molecule has 1 aromatic carbocycles. The van der Waals surface area contributed by atoms with Crippen LogP contribution in [-0.2, 0) is 6.42 Å². The fourth-order valence-corrected chi connectivity index (χ4v) is 3.34. The molecule has 0 spiro atoms. The maximum atomic E-state index is 6.28. The highest BCUT2D eigenvalue weighted by atomic mass is 79.9. The molecule has 2 aromatic rings. The average Bonchev–Trinajstić information content (AvgIpc) is 2.75. The monoisotopic (exact) mass is 324 g/mol. The Labute approximate surface area is 121 Å². The lowest BCUT2D eigenvalue weighted by molar-refractivity contribution is 0.730. The molecule has 4 heteroatoms. The van der Waals surface area contributed by atoms with Crippen molar-refractivity contribution >= 4 is 33.0 Å². The van der Waals surface area contributed by atoms with E-state index in [9.17, 15) is 0 Å². The standard InChI is InChI=1S/C14H17BrN2S/c1-17(2)12-5-3-4-10(6-12)14(16)8-13-7-11(15)9-18-13/h3-7,9,14H,8,16H2,1-2H3. The van der Waals surface area contributed by atoms with E-state index < -0.39 is 0 Å². The van der Waals surface area contributed by atoms with Crippen LogP contribution in [0.4, 0.5) is 5.69 Å². The first-order valence-electron chi connectivity index (χ1n) is 5.82. The Morgan fingerprint density at radius 1 is 1.33 bits per heavy atom. The molecule has 1 atom stereocenters. The summed E-state index contributed by atoms with van der Waals surface area (Å²) in [5, 5.41) is 2.10. The van der Waals surface area contributed by atoms with Crippen molar-refractivity contribution in [3.8, 4) is 0 Å². The Morgan fingerprint density at radius 3 is 2.72 bits per heavy atom. The van der Waals surface area contributed by atoms with Gasteiger partial charge in [0.2, 0.25) is 0 Å². The highest BCUT2D eigenvalue weighted by Gasteiger charge is 2.09. The Balaban J connectivity index is 2.13. The van der Waals surface area contributed by atoms with Gasteiger partial charge in [0.25, 0.3) is 0 Å². The molecular weight excluding hydrogens is 308 g/mol. The molecule has 1 aromatic heterocycles. The van der Waals surface area contributed by atoms with Crippen LogP contribution in [0.5, 0.6) is 0 Å². The highest BCUT2D eigenvalue weighted by Crippen LogP contribution is 2.25. The van der Waals surface area contributed by atoms with E-state index in [0.29, 0.717) is 0 Å². The summed E-state index contributed by atoms with van der Waals surface area (Å²) in [7, 11) is 4.09. The van der Waals surface area contributed by atoms with E-state index in [-0.39, 0.29) is 6.04 Å². The molecule has 0 fully saturated rings. The predicted molar refractivity (Wildman–Crippen MR) is 83.4 cm³/mol. The van der Waals surface area contributed by atoms with Crippen LogP contribution in [0.25, 0.3) is 0 Å². The summed E-state index contributed by atoms with van der Waals surface area (Å²) in [5.74, 6) is 0. The zero-order valence-electron chi connectivity index (χ0n) is 10.6. The number of thiophene rings is 1. The minimum atomic E-state index is 0.0513. The Bertz CT molecular complexity index is 522. The molecule has 0 aliphatic heterocycles. The van der Waals surface area contributed by atoms with Crippen LogP contribution in [0.15, 0.2) is 40.2 Å². The zero-order chi connectivity index (χ0) is 13.1. The minimum Gasteiger partial charge on any atom is -0.378 e. The largest absolute Gasteiger partial charge is 0.378 e. The van der Waals surface area contributed by atoms with Crippen molar-refractivity contribution in [1.29, 1.82) is 0 Å². The Morgan fingerprint density at radius 2 is 2.11 bits per heavy atom. The van der Waals surface area contributed by atoms with Crippen LogP contribution in [0.3, 0.4) is 0 Å². The van der Waals surface area contributed by atoms with Crippen LogP contribution in [0.2, 0.25) is 0 Å². The smallest absolute Gasteiger partial charge is 0.0364 e. The molecule has 1 heterocycles. The van der Waals surface area contributed by atoms with Crippen LogP contribution >= 0.6 is 27.3 Å². The van der Waals surface area contributed by atoms with Gasteiger partial charge in [0.15, 0.2) is 0 Å². The lowest BCUT2D eigenvalue weighted by Gasteiger charge is -2.16. The average molecular weight is 325 g/mol. The fraction of sp³-hybridized carbons (Fsp3) is 0.286. The summed E-state index contributed by atoms with van der Waals surface area (Å²) in [4.78, 5) is 3.41. The number of benzene rings is 1. The number of anilines is 1. The molecular formula is C14H17BrN2S. The summed E-state index contributed by atoms with van der Waals surface area (Å²) >= 11 is 5.22. The van der Waals surface area contributed by atoms with Crippen molar-refractivity contribution in [2.45, 2.75) is 12.5 Å². The van der Waals surface area contributed by atoms with E-state index >= 15 is 0 Å². The molecule has 0 amide bonds. The van der Waals surface area contributed by atoms with E-state index in [2.05, 4.69) is 56.5 Å². The quantitative estimate of drug-likeness (QED) is 0.926. The molecule has 2 N–H and O–H groups in total. The maximum Gasteiger partial charge on any atom is 0.0364 e. The summed E-state index contributed by atoms with van der Waals surface area (Å²) in [6.07, 6.45) is 0.882. The first-order chi connectivity index (χ1) is 8.56. The van der Waals surface area contributed by atoms with Gasteiger partial charge in [0.05, 0.1) is 0 Å². The number of rotatable bonds is 4. The van der Waals surface area contributed by atoms with Gasteiger partial charge in [-0.3, -0.25) is 0 Å².